The number of likely N-dealkylation sites (N-methyl/N-ethyl adjacent to an activating group) is 1. The van der Waals surface area contributed by atoms with Crippen LogP contribution in [0.2, 0.25) is 0 Å². The molecule has 4 nitrogen and oxygen atoms in total. The summed E-state index contributed by atoms with van der Waals surface area (Å²) in [5.41, 5.74) is 1.89. The Bertz CT molecular complexity index is 923. The van der Waals surface area contributed by atoms with Crippen LogP contribution < -0.4 is 10.1 Å². The molecule has 3 aromatic rings. The van der Waals surface area contributed by atoms with Gasteiger partial charge in [0.2, 0.25) is 5.91 Å². The Morgan fingerprint density at radius 2 is 1.74 bits per heavy atom. The first-order valence-corrected chi connectivity index (χ1v) is 9.29. The quantitative estimate of drug-likeness (QED) is 0.662. The van der Waals surface area contributed by atoms with Crippen LogP contribution in [-0.4, -0.2) is 30.5 Å². The Hall–Kier alpha value is -2.85. The molecule has 140 valence electrons. The monoisotopic (exact) mass is 362 g/mol. The summed E-state index contributed by atoms with van der Waals surface area (Å²) in [5, 5.41) is 5.42. The van der Waals surface area contributed by atoms with Gasteiger partial charge in [0.25, 0.3) is 0 Å². The van der Waals surface area contributed by atoms with Gasteiger partial charge in [0.05, 0.1) is 18.3 Å². The van der Waals surface area contributed by atoms with Crippen LogP contribution in [0.15, 0.2) is 66.7 Å². The topological polar surface area (TPSA) is 41.6 Å². The van der Waals surface area contributed by atoms with Gasteiger partial charge in [-0.1, -0.05) is 48.5 Å². The third kappa shape index (κ3) is 4.66. The minimum absolute atomic E-state index is 0.0505. The zero-order valence-electron chi connectivity index (χ0n) is 16.1. The van der Waals surface area contributed by atoms with Crippen LogP contribution in [0, 0.1) is 0 Å². The molecule has 0 bridgehead atoms. The highest BCUT2D eigenvalue weighted by atomic mass is 16.5. The van der Waals surface area contributed by atoms with E-state index in [2.05, 4.69) is 35.6 Å². The minimum atomic E-state index is -0.272. The van der Waals surface area contributed by atoms with Gasteiger partial charge in [-0.3, -0.25) is 9.69 Å². The van der Waals surface area contributed by atoms with Gasteiger partial charge >= 0.3 is 0 Å². The first kappa shape index (κ1) is 18.9. The second kappa shape index (κ2) is 8.69. The summed E-state index contributed by atoms with van der Waals surface area (Å²) in [4.78, 5) is 14.7. The molecule has 0 aliphatic rings. The van der Waals surface area contributed by atoms with Crippen molar-refractivity contribution < 1.29 is 9.53 Å². The van der Waals surface area contributed by atoms with Gasteiger partial charge in [0, 0.05) is 6.54 Å². The zero-order chi connectivity index (χ0) is 19.2. The standard InChI is InChI=1S/C23H26N2O2/c1-4-27-22-12-8-7-11-21(22)24-23(26)17(2)25(3)16-18-13-14-19-9-5-6-10-20(19)15-18/h5-15,17H,4,16H2,1-3H3,(H,24,26). The maximum atomic E-state index is 12.7. The second-order valence-corrected chi connectivity index (χ2v) is 6.69. The fourth-order valence-corrected chi connectivity index (χ4v) is 3.05. The molecule has 4 heteroatoms. The van der Waals surface area contributed by atoms with Crippen molar-refractivity contribution in [2.24, 2.45) is 0 Å². The van der Waals surface area contributed by atoms with E-state index >= 15 is 0 Å². The number of para-hydroxylation sites is 2. The van der Waals surface area contributed by atoms with Crippen molar-refractivity contribution in [2.75, 3.05) is 19.0 Å². The van der Waals surface area contributed by atoms with Crippen molar-refractivity contribution >= 4 is 22.4 Å². The fraction of sp³-hybridized carbons (Fsp3) is 0.261. The van der Waals surface area contributed by atoms with Crippen LogP contribution in [0.1, 0.15) is 19.4 Å². The number of carbonyl (C=O) groups excluding carboxylic acids is 1. The van der Waals surface area contributed by atoms with E-state index in [0.717, 1.165) is 0 Å². The van der Waals surface area contributed by atoms with Crippen molar-refractivity contribution in [2.45, 2.75) is 26.4 Å². The normalized spacial score (nSPS) is 12.1. The van der Waals surface area contributed by atoms with Crippen molar-refractivity contribution in [3.05, 3.63) is 72.3 Å². The molecular weight excluding hydrogens is 336 g/mol. The van der Waals surface area contributed by atoms with Crippen LogP contribution in [0.5, 0.6) is 5.75 Å². The number of nitrogens with one attached hydrogen (secondary N) is 1. The van der Waals surface area contributed by atoms with E-state index in [1.54, 1.807) is 0 Å². The molecule has 0 saturated carbocycles. The number of hydrogen-bond acceptors (Lipinski definition) is 3. The van der Waals surface area contributed by atoms with Crippen molar-refractivity contribution in [1.82, 2.24) is 4.90 Å². The lowest BCUT2D eigenvalue weighted by Crippen LogP contribution is -2.39. The molecule has 0 spiro atoms. The highest BCUT2D eigenvalue weighted by Gasteiger charge is 2.19. The first-order chi connectivity index (χ1) is 13.1. The van der Waals surface area contributed by atoms with E-state index in [1.807, 2.05) is 62.2 Å². The zero-order valence-corrected chi connectivity index (χ0v) is 16.1. The van der Waals surface area contributed by atoms with Gasteiger partial charge in [-0.25, -0.2) is 0 Å². The maximum absolute atomic E-state index is 12.7. The minimum Gasteiger partial charge on any atom is -0.492 e. The van der Waals surface area contributed by atoms with Gasteiger partial charge in [-0.2, -0.15) is 0 Å². The number of anilines is 1. The highest BCUT2D eigenvalue weighted by Crippen LogP contribution is 2.24. The molecule has 0 aliphatic heterocycles. The van der Waals surface area contributed by atoms with Gasteiger partial charge in [-0.05, 0) is 55.4 Å². The van der Waals surface area contributed by atoms with Crippen LogP contribution in [0.4, 0.5) is 5.69 Å². The van der Waals surface area contributed by atoms with E-state index in [9.17, 15) is 4.79 Å². The highest BCUT2D eigenvalue weighted by molar-refractivity contribution is 5.95. The Morgan fingerprint density at radius 3 is 2.52 bits per heavy atom. The van der Waals surface area contributed by atoms with Crippen molar-refractivity contribution in [3.63, 3.8) is 0 Å². The maximum Gasteiger partial charge on any atom is 0.241 e. The van der Waals surface area contributed by atoms with E-state index in [0.29, 0.717) is 24.6 Å². The van der Waals surface area contributed by atoms with Crippen molar-refractivity contribution in [3.8, 4) is 5.75 Å². The smallest absolute Gasteiger partial charge is 0.241 e. The van der Waals surface area contributed by atoms with E-state index < -0.39 is 0 Å². The molecule has 1 atom stereocenters. The average molecular weight is 362 g/mol. The van der Waals surface area contributed by atoms with Crippen LogP contribution in [-0.2, 0) is 11.3 Å². The number of rotatable bonds is 7. The number of amides is 1. The lowest BCUT2D eigenvalue weighted by Gasteiger charge is -2.24. The van der Waals surface area contributed by atoms with Crippen LogP contribution >= 0.6 is 0 Å². The molecule has 0 heterocycles. The molecule has 0 radical (unpaired) electrons. The predicted molar refractivity (Wildman–Crippen MR) is 111 cm³/mol. The lowest BCUT2D eigenvalue weighted by molar-refractivity contribution is -0.120. The SMILES string of the molecule is CCOc1ccccc1NC(=O)C(C)N(C)Cc1ccc2ccccc2c1. The van der Waals surface area contributed by atoms with Crippen molar-refractivity contribution in [1.29, 1.82) is 0 Å². The summed E-state index contributed by atoms with van der Waals surface area (Å²) in [7, 11) is 1.97. The number of fused-ring (bicyclic) bond motifs is 1. The summed E-state index contributed by atoms with van der Waals surface area (Å²) in [6, 6.07) is 22.0. The molecule has 1 amide bonds. The molecule has 0 aliphatic carbocycles. The lowest BCUT2D eigenvalue weighted by atomic mass is 10.1. The Kier molecular flexibility index (Phi) is 6.09. The summed E-state index contributed by atoms with van der Waals surface area (Å²) >= 11 is 0. The van der Waals surface area contributed by atoms with Crippen LogP contribution in [0.3, 0.4) is 0 Å². The molecule has 3 rings (SSSR count). The van der Waals surface area contributed by atoms with E-state index in [4.69, 9.17) is 4.74 Å². The molecule has 0 saturated heterocycles. The first-order valence-electron chi connectivity index (χ1n) is 9.29. The number of benzene rings is 3. The third-order valence-electron chi connectivity index (χ3n) is 4.73. The largest absolute Gasteiger partial charge is 0.492 e. The molecule has 0 fully saturated rings. The number of nitrogens with zero attached hydrogens (tertiary/aromatic N) is 1. The summed E-state index contributed by atoms with van der Waals surface area (Å²) in [6.07, 6.45) is 0. The predicted octanol–water partition coefficient (Wildman–Crippen LogP) is 4.70. The Morgan fingerprint density at radius 1 is 1.04 bits per heavy atom. The molecule has 1 N–H and O–H groups in total. The fourth-order valence-electron chi connectivity index (χ4n) is 3.05. The molecule has 27 heavy (non-hydrogen) atoms. The third-order valence-corrected chi connectivity index (χ3v) is 4.73. The number of carbonyl (C=O) groups is 1. The van der Waals surface area contributed by atoms with E-state index in [1.165, 1.54) is 16.3 Å². The molecule has 3 aromatic carbocycles. The Labute approximate surface area is 160 Å². The van der Waals surface area contributed by atoms with Gasteiger partial charge in [0.1, 0.15) is 5.75 Å². The van der Waals surface area contributed by atoms with E-state index in [-0.39, 0.29) is 11.9 Å². The number of ether oxygens (including phenoxy) is 1. The summed E-state index contributed by atoms with van der Waals surface area (Å²) in [6.45, 7) is 5.11. The van der Waals surface area contributed by atoms with Gasteiger partial charge in [0.15, 0.2) is 0 Å². The Balaban J connectivity index is 1.67. The van der Waals surface area contributed by atoms with Crippen LogP contribution in [0.25, 0.3) is 10.8 Å². The second-order valence-electron chi connectivity index (χ2n) is 6.69. The summed E-state index contributed by atoms with van der Waals surface area (Å²) < 4.78 is 5.59. The molecular formula is C23H26N2O2. The van der Waals surface area contributed by atoms with Gasteiger partial charge in [-0.15, -0.1) is 0 Å². The summed E-state index contributed by atoms with van der Waals surface area (Å²) in [5.74, 6) is 0.642. The molecule has 1 unspecified atom stereocenters. The number of hydrogen-bond donors (Lipinski definition) is 1. The molecule has 0 aromatic heterocycles. The van der Waals surface area contributed by atoms with Gasteiger partial charge < -0.3 is 10.1 Å². The average Bonchev–Trinajstić information content (AvgIpc) is 2.69.